The van der Waals surface area contributed by atoms with E-state index in [0.717, 1.165) is 29.3 Å². The van der Waals surface area contributed by atoms with E-state index in [2.05, 4.69) is 28.7 Å². The first-order chi connectivity index (χ1) is 11.2. The summed E-state index contributed by atoms with van der Waals surface area (Å²) in [5, 5.41) is 0.744. The summed E-state index contributed by atoms with van der Waals surface area (Å²) in [6.45, 7) is 2.07. The number of hydrogen-bond acceptors (Lipinski definition) is 1. The second-order valence-corrected chi connectivity index (χ2v) is 6.65. The first-order valence-corrected chi connectivity index (χ1v) is 8.39. The molecule has 1 aliphatic rings. The van der Waals surface area contributed by atoms with Crippen LogP contribution in [0.2, 0.25) is 0 Å². The van der Waals surface area contributed by atoms with Crippen LogP contribution in [-0.2, 0) is 0 Å². The van der Waals surface area contributed by atoms with Crippen LogP contribution in [-0.4, -0.2) is 9.55 Å². The number of halogens is 1. The Hall–Kier alpha value is -2.16. The molecule has 4 rings (SSSR count). The Morgan fingerprint density at radius 2 is 2.09 bits per heavy atom. The predicted octanol–water partition coefficient (Wildman–Crippen LogP) is 5.38. The molecule has 0 unspecified atom stereocenters. The van der Waals surface area contributed by atoms with Gasteiger partial charge < -0.3 is 4.57 Å². The summed E-state index contributed by atoms with van der Waals surface area (Å²) in [6, 6.07) is 10.0. The average Bonchev–Trinajstić information content (AvgIpc) is 3.06. The molecule has 1 aliphatic carbocycles. The van der Waals surface area contributed by atoms with E-state index < -0.39 is 0 Å². The molecule has 0 aliphatic heterocycles. The van der Waals surface area contributed by atoms with Crippen LogP contribution in [0.1, 0.15) is 48.8 Å². The van der Waals surface area contributed by atoms with Crippen molar-refractivity contribution in [2.45, 2.75) is 44.6 Å². The maximum atomic E-state index is 14.1. The maximum Gasteiger partial charge on any atom is 0.132 e. The number of aryl methyl sites for hydroxylation is 1. The van der Waals surface area contributed by atoms with Gasteiger partial charge in [0, 0.05) is 30.0 Å². The summed E-state index contributed by atoms with van der Waals surface area (Å²) in [6.07, 6.45) is 10.6. The molecule has 2 heterocycles. The van der Waals surface area contributed by atoms with E-state index in [1.165, 1.54) is 18.4 Å². The van der Waals surface area contributed by atoms with Gasteiger partial charge in [-0.1, -0.05) is 18.6 Å². The van der Waals surface area contributed by atoms with E-state index in [4.69, 9.17) is 0 Å². The van der Waals surface area contributed by atoms with Crippen molar-refractivity contribution in [2.75, 3.05) is 0 Å². The molecular formula is C20H21FN2. The van der Waals surface area contributed by atoms with Gasteiger partial charge in [-0.05, 0) is 61.4 Å². The molecule has 1 saturated carbocycles. The summed E-state index contributed by atoms with van der Waals surface area (Å²) in [4.78, 5) is 4.27. The van der Waals surface area contributed by atoms with Gasteiger partial charge in [0.1, 0.15) is 5.82 Å². The average molecular weight is 308 g/mol. The lowest BCUT2D eigenvalue weighted by atomic mass is 9.82. The highest BCUT2D eigenvalue weighted by Crippen LogP contribution is 2.40. The zero-order valence-corrected chi connectivity index (χ0v) is 13.4. The van der Waals surface area contributed by atoms with E-state index >= 15 is 0 Å². The van der Waals surface area contributed by atoms with E-state index in [-0.39, 0.29) is 5.82 Å². The van der Waals surface area contributed by atoms with E-state index in [9.17, 15) is 4.39 Å². The maximum absolute atomic E-state index is 14.1. The van der Waals surface area contributed by atoms with Crippen molar-refractivity contribution in [2.24, 2.45) is 0 Å². The molecule has 0 saturated heterocycles. The Morgan fingerprint density at radius 1 is 1.17 bits per heavy atom. The number of benzene rings is 1. The molecule has 1 fully saturated rings. The number of pyridine rings is 1. The van der Waals surface area contributed by atoms with E-state index in [0.29, 0.717) is 12.0 Å². The summed E-state index contributed by atoms with van der Waals surface area (Å²) in [5.74, 6) is 0.428. The molecule has 1 aromatic carbocycles. The highest BCUT2D eigenvalue weighted by atomic mass is 19.1. The van der Waals surface area contributed by atoms with Crippen LogP contribution in [0.3, 0.4) is 0 Å². The van der Waals surface area contributed by atoms with Gasteiger partial charge in [-0.3, -0.25) is 4.98 Å². The van der Waals surface area contributed by atoms with Crippen LogP contribution in [0.4, 0.5) is 4.39 Å². The van der Waals surface area contributed by atoms with Crippen LogP contribution in [0.15, 0.2) is 48.9 Å². The van der Waals surface area contributed by atoms with Crippen molar-refractivity contribution in [1.29, 1.82) is 0 Å². The van der Waals surface area contributed by atoms with Gasteiger partial charge in [0.25, 0.3) is 0 Å². The third-order valence-electron chi connectivity index (χ3n) is 5.22. The Bertz CT molecular complexity index is 822. The molecule has 118 valence electrons. The van der Waals surface area contributed by atoms with Gasteiger partial charge in [-0.2, -0.15) is 0 Å². The summed E-state index contributed by atoms with van der Waals surface area (Å²) < 4.78 is 16.4. The van der Waals surface area contributed by atoms with Crippen molar-refractivity contribution in [3.63, 3.8) is 0 Å². The summed E-state index contributed by atoms with van der Waals surface area (Å²) in [5.41, 5.74) is 3.54. The number of aromatic nitrogens is 2. The second-order valence-electron chi connectivity index (χ2n) is 6.65. The van der Waals surface area contributed by atoms with Gasteiger partial charge in [0.05, 0.1) is 5.52 Å². The lowest BCUT2D eigenvalue weighted by Crippen LogP contribution is -2.18. The number of nitrogens with zero attached hydrogens (tertiary/aromatic N) is 2. The molecule has 23 heavy (non-hydrogen) atoms. The standard InChI is InChI=1S/C20H21FN2/c1-14-7-8-19(21)18-9-11-23(20(14)18)17-6-2-4-15(12-17)16-5-3-10-22-13-16/h3,5,7-11,13,15,17H,2,4,6,12H2,1H3/t15-,17-/m0/s1. The first kappa shape index (κ1) is 14.4. The van der Waals surface area contributed by atoms with Crippen LogP contribution < -0.4 is 0 Å². The topological polar surface area (TPSA) is 17.8 Å². The fraction of sp³-hybridized carbons (Fsp3) is 0.350. The highest BCUT2D eigenvalue weighted by molar-refractivity contribution is 5.84. The minimum atomic E-state index is -0.121. The summed E-state index contributed by atoms with van der Waals surface area (Å²) >= 11 is 0. The van der Waals surface area contributed by atoms with Gasteiger partial charge in [0.2, 0.25) is 0 Å². The SMILES string of the molecule is Cc1ccc(F)c2ccn([C@H]3CCC[C@H](c4cccnc4)C3)c12. The molecule has 3 aromatic rings. The fourth-order valence-electron chi connectivity index (χ4n) is 4.06. The number of fused-ring (bicyclic) bond motifs is 1. The summed E-state index contributed by atoms with van der Waals surface area (Å²) in [7, 11) is 0. The number of hydrogen-bond donors (Lipinski definition) is 0. The largest absolute Gasteiger partial charge is 0.344 e. The van der Waals surface area contributed by atoms with Gasteiger partial charge in [-0.25, -0.2) is 4.39 Å². The minimum absolute atomic E-state index is 0.121. The first-order valence-electron chi connectivity index (χ1n) is 8.39. The lowest BCUT2D eigenvalue weighted by molar-refractivity contribution is 0.325. The monoisotopic (exact) mass is 308 g/mol. The van der Waals surface area contributed by atoms with E-state index in [1.807, 2.05) is 30.6 Å². The highest BCUT2D eigenvalue weighted by Gasteiger charge is 2.25. The number of rotatable bonds is 2. The fourth-order valence-corrected chi connectivity index (χ4v) is 4.06. The normalized spacial score (nSPS) is 21.7. The van der Waals surface area contributed by atoms with Crippen molar-refractivity contribution < 1.29 is 4.39 Å². The molecule has 0 N–H and O–H groups in total. The molecule has 0 bridgehead atoms. The molecule has 2 nitrogen and oxygen atoms in total. The molecule has 2 aromatic heterocycles. The third-order valence-corrected chi connectivity index (χ3v) is 5.22. The Kier molecular flexibility index (Phi) is 3.64. The third kappa shape index (κ3) is 2.54. The Balaban J connectivity index is 1.70. The van der Waals surface area contributed by atoms with Crippen molar-refractivity contribution in [3.05, 3.63) is 65.9 Å². The quantitative estimate of drug-likeness (QED) is 0.621. The van der Waals surface area contributed by atoms with Gasteiger partial charge >= 0.3 is 0 Å². The molecule has 0 amide bonds. The van der Waals surface area contributed by atoms with E-state index in [1.54, 1.807) is 6.07 Å². The zero-order valence-electron chi connectivity index (χ0n) is 13.4. The van der Waals surface area contributed by atoms with Crippen LogP contribution in [0.5, 0.6) is 0 Å². The smallest absolute Gasteiger partial charge is 0.132 e. The van der Waals surface area contributed by atoms with Crippen LogP contribution in [0, 0.1) is 12.7 Å². The zero-order chi connectivity index (χ0) is 15.8. The van der Waals surface area contributed by atoms with Crippen molar-refractivity contribution in [1.82, 2.24) is 9.55 Å². The Morgan fingerprint density at radius 3 is 2.91 bits per heavy atom. The van der Waals surface area contributed by atoms with Crippen LogP contribution >= 0.6 is 0 Å². The second kappa shape index (κ2) is 5.80. The molecule has 3 heteroatoms. The molecular weight excluding hydrogens is 287 g/mol. The molecule has 0 spiro atoms. The Labute approximate surface area is 136 Å². The van der Waals surface area contributed by atoms with Crippen molar-refractivity contribution >= 4 is 10.9 Å². The van der Waals surface area contributed by atoms with Crippen LogP contribution in [0.25, 0.3) is 10.9 Å². The predicted molar refractivity (Wildman–Crippen MR) is 91.1 cm³/mol. The van der Waals surface area contributed by atoms with Gasteiger partial charge in [-0.15, -0.1) is 0 Å². The van der Waals surface area contributed by atoms with Gasteiger partial charge in [0.15, 0.2) is 0 Å². The molecule has 2 atom stereocenters. The molecule has 0 radical (unpaired) electrons. The lowest BCUT2D eigenvalue weighted by Gasteiger charge is -2.31. The minimum Gasteiger partial charge on any atom is -0.344 e. The van der Waals surface area contributed by atoms with Crippen molar-refractivity contribution in [3.8, 4) is 0 Å².